The fourth-order valence-corrected chi connectivity index (χ4v) is 7.93. The highest BCUT2D eigenvalue weighted by Crippen LogP contribution is 2.27. The Kier molecular flexibility index (Phi) is 10.2. The molecule has 254 valence electrons. The van der Waals surface area contributed by atoms with Crippen LogP contribution in [0, 0.1) is 0 Å². The second-order valence-corrected chi connectivity index (χ2v) is 14.3. The van der Waals surface area contributed by atoms with Crippen LogP contribution in [0.25, 0.3) is 43.6 Å². The van der Waals surface area contributed by atoms with Gasteiger partial charge in [-0.05, 0) is 89.3 Å². The number of likely N-dealkylation sites (N-methyl/N-ethyl adjacent to an activating group) is 2. The van der Waals surface area contributed by atoms with E-state index in [9.17, 15) is 9.59 Å². The minimum atomic E-state index is 0.0492. The Balaban J connectivity index is 1.18. The van der Waals surface area contributed by atoms with Crippen molar-refractivity contribution in [2.24, 2.45) is 0 Å². The van der Waals surface area contributed by atoms with Gasteiger partial charge in [0, 0.05) is 87.0 Å². The summed E-state index contributed by atoms with van der Waals surface area (Å²) in [5.74, 6) is 0. The van der Waals surface area contributed by atoms with Crippen LogP contribution in [-0.2, 0) is 13.1 Å². The van der Waals surface area contributed by atoms with Crippen molar-refractivity contribution in [3.05, 3.63) is 81.1 Å². The van der Waals surface area contributed by atoms with Gasteiger partial charge in [-0.25, -0.2) is 0 Å². The number of fused-ring (bicyclic) bond motifs is 4. The van der Waals surface area contributed by atoms with E-state index in [1.807, 2.05) is 48.5 Å². The lowest BCUT2D eigenvalue weighted by Gasteiger charge is -2.32. The second-order valence-electron chi connectivity index (χ2n) is 14.3. The topological polar surface area (TPSA) is 57.0 Å². The third-order valence-electron chi connectivity index (χ3n) is 11.0. The molecule has 0 N–H and O–H groups in total. The zero-order valence-electron chi connectivity index (χ0n) is 29.0. The molecule has 5 aromatic rings. The Morgan fingerprint density at radius 1 is 0.438 bits per heavy atom. The Bertz CT molecular complexity index is 1850. The predicted octanol–water partition coefficient (Wildman–Crippen LogP) is 5.46. The van der Waals surface area contributed by atoms with E-state index in [4.69, 9.17) is 0 Å². The molecule has 0 radical (unpaired) electrons. The van der Waals surface area contributed by atoms with E-state index in [1.54, 1.807) is 0 Å². The van der Waals surface area contributed by atoms with E-state index in [0.717, 1.165) is 137 Å². The molecular weight excluding hydrogens is 596 g/mol. The lowest BCUT2D eigenvalue weighted by molar-refractivity contribution is 0.152. The number of hydrogen-bond acceptors (Lipinski definition) is 6. The molecule has 4 heterocycles. The number of benzene rings is 3. The van der Waals surface area contributed by atoms with Crippen molar-refractivity contribution in [2.75, 3.05) is 79.5 Å². The number of pyridine rings is 2. The molecule has 2 aliphatic heterocycles. The summed E-state index contributed by atoms with van der Waals surface area (Å²) in [6.07, 6.45) is 6.68. The third kappa shape index (κ3) is 6.95. The SMILES string of the molecule is CN1CCN(CCCCCn2c3ccccc3c(=O)c3cc4c(cc32)c(=O)c2ccccc2n4CCCCCN2CCN(C)CC2)CC1. The van der Waals surface area contributed by atoms with Gasteiger partial charge in [0.1, 0.15) is 0 Å². The van der Waals surface area contributed by atoms with Crippen LogP contribution in [0.2, 0.25) is 0 Å². The number of unbranched alkanes of at least 4 members (excludes halogenated alkanes) is 4. The van der Waals surface area contributed by atoms with Crippen molar-refractivity contribution < 1.29 is 0 Å². The van der Waals surface area contributed by atoms with Crippen LogP contribution in [0.15, 0.2) is 70.3 Å². The molecule has 0 amide bonds. The maximum Gasteiger partial charge on any atom is 0.197 e. The monoisotopic (exact) mass is 648 g/mol. The number of aryl methyl sites for hydroxylation is 2. The third-order valence-corrected chi connectivity index (χ3v) is 11.0. The number of rotatable bonds is 12. The summed E-state index contributed by atoms with van der Waals surface area (Å²) in [6, 6.07) is 20.0. The van der Waals surface area contributed by atoms with Crippen LogP contribution in [0.1, 0.15) is 38.5 Å². The molecule has 0 spiro atoms. The van der Waals surface area contributed by atoms with Gasteiger partial charge >= 0.3 is 0 Å². The highest BCUT2D eigenvalue weighted by atomic mass is 16.1. The number of hydrogen-bond donors (Lipinski definition) is 0. The fourth-order valence-electron chi connectivity index (χ4n) is 7.93. The first kappa shape index (κ1) is 33.0. The Morgan fingerprint density at radius 3 is 1.23 bits per heavy atom. The molecule has 0 atom stereocenters. The van der Waals surface area contributed by atoms with Crippen LogP contribution in [0.4, 0.5) is 0 Å². The van der Waals surface area contributed by atoms with E-state index in [0.29, 0.717) is 10.8 Å². The van der Waals surface area contributed by atoms with Gasteiger partial charge in [-0.2, -0.15) is 0 Å². The molecule has 0 unspecified atom stereocenters. The Hall–Kier alpha value is -3.56. The number of piperazine rings is 2. The molecule has 0 bridgehead atoms. The largest absolute Gasteiger partial charge is 0.340 e. The minimum Gasteiger partial charge on any atom is -0.340 e. The lowest BCUT2D eigenvalue weighted by Crippen LogP contribution is -2.44. The predicted molar refractivity (Wildman–Crippen MR) is 201 cm³/mol. The maximum atomic E-state index is 14.1. The van der Waals surface area contributed by atoms with Gasteiger partial charge in [-0.3, -0.25) is 9.59 Å². The standard InChI is InChI=1S/C40H52N6O2/c1-41-21-25-43(26-22-41)17-9-3-11-19-45-35-15-7-5-13-31(35)39(47)33-30-38-34(29-37(33)45)40(48)32-14-6-8-16-36(32)46(38)20-12-4-10-18-44-27-23-42(2)24-28-44/h5-8,13-16,29-30H,3-4,9-12,17-28H2,1-2H3. The molecule has 0 aliphatic carbocycles. The van der Waals surface area contributed by atoms with Gasteiger partial charge in [0.15, 0.2) is 10.9 Å². The van der Waals surface area contributed by atoms with Gasteiger partial charge in [-0.1, -0.05) is 37.1 Å². The average Bonchev–Trinajstić information content (AvgIpc) is 3.11. The van der Waals surface area contributed by atoms with Gasteiger partial charge in [-0.15, -0.1) is 0 Å². The van der Waals surface area contributed by atoms with E-state index >= 15 is 0 Å². The lowest BCUT2D eigenvalue weighted by atomic mass is 10.0. The van der Waals surface area contributed by atoms with Crippen LogP contribution < -0.4 is 10.9 Å². The van der Waals surface area contributed by atoms with E-state index in [1.165, 1.54) is 12.8 Å². The summed E-state index contributed by atoms with van der Waals surface area (Å²) in [5, 5.41) is 2.91. The van der Waals surface area contributed by atoms with Gasteiger partial charge in [0.2, 0.25) is 0 Å². The minimum absolute atomic E-state index is 0.0492. The van der Waals surface area contributed by atoms with Crippen molar-refractivity contribution >= 4 is 43.6 Å². The Morgan fingerprint density at radius 2 is 0.812 bits per heavy atom. The van der Waals surface area contributed by atoms with E-state index < -0.39 is 0 Å². The Labute approximate surface area is 284 Å². The highest BCUT2D eigenvalue weighted by molar-refractivity contribution is 6.03. The first-order chi connectivity index (χ1) is 23.5. The van der Waals surface area contributed by atoms with E-state index in [-0.39, 0.29) is 10.9 Å². The van der Waals surface area contributed by atoms with Crippen molar-refractivity contribution in [3.8, 4) is 0 Å². The quantitative estimate of drug-likeness (QED) is 0.132. The van der Waals surface area contributed by atoms with Crippen molar-refractivity contribution in [3.63, 3.8) is 0 Å². The van der Waals surface area contributed by atoms with Crippen molar-refractivity contribution in [1.82, 2.24) is 28.7 Å². The zero-order valence-corrected chi connectivity index (χ0v) is 29.0. The molecule has 2 aliphatic rings. The summed E-state index contributed by atoms with van der Waals surface area (Å²) < 4.78 is 4.61. The molecule has 2 fully saturated rings. The van der Waals surface area contributed by atoms with Crippen molar-refractivity contribution in [2.45, 2.75) is 51.6 Å². The zero-order chi connectivity index (χ0) is 33.0. The number of aromatic nitrogens is 2. The molecule has 8 nitrogen and oxygen atoms in total. The van der Waals surface area contributed by atoms with Crippen LogP contribution >= 0.6 is 0 Å². The molecule has 7 rings (SSSR count). The average molecular weight is 649 g/mol. The summed E-state index contributed by atoms with van der Waals surface area (Å²) in [4.78, 5) is 38.1. The number of para-hydroxylation sites is 2. The first-order valence-electron chi connectivity index (χ1n) is 18.3. The van der Waals surface area contributed by atoms with E-state index in [2.05, 4.69) is 55.0 Å². The smallest absolute Gasteiger partial charge is 0.197 e. The van der Waals surface area contributed by atoms with Crippen LogP contribution in [0.5, 0.6) is 0 Å². The fraction of sp³-hybridized carbons (Fsp3) is 0.500. The molecule has 0 saturated carbocycles. The normalized spacial score (nSPS) is 17.4. The molecule has 2 aromatic heterocycles. The summed E-state index contributed by atoms with van der Waals surface area (Å²) in [6.45, 7) is 13.1. The van der Waals surface area contributed by atoms with Crippen molar-refractivity contribution in [1.29, 1.82) is 0 Å². The molecular formula is C40H52N6O2. The highest BCUT2D eigenvalue weighted by Gasteiger charge is 2.18. The molecule has 8 heteroatoms. The first-order valence-corrected chi connectivity index (χ1v) is 18.3. The molecule has 3 aromatic carbocycles. The summed E-state index contributed by atoms with van der Waals surface area (Å²) >= 11 is 0. The number of nitrogens with zero attached hydrogens (tertiary/aromatic N) is 6. The van der Waals surface area contributed by atoms with Gasteiger partial charge < -0.3 is 28.7 Å². The maximum absolute atomic E-state index is 14.1. The molecule has 2 saturated heterocycles. The second kappa shape index (κ2) is 14.9. The van der Waals surface area contributed by atoms with Gasteiger partial charge in [0.05, 0.1) is 22.1 Å². The van der Waals surface area contributed by atoms with Crippen LogP contribution in [-0.4, -0.2) is 108 Å². The molecule has 48 heavy (non-hydrogen) atoms. The summed E-state index contributed by atoms with van der Waals surface area (Å²) in [5.41, 5.74) is 3.75. The van der Waals surface area contributed by atoms with Gasteiger partial charge in [0.25, 0.3) is 0 Å². The summed E-state index contributed by atoms with van der Waals surface area (Å²) in [7, 11) is 4.41. The van der Waals surface area contributed by atoms with Crippen LogP contribution in [0.3, 0.4) is 0 Å².